The van der Waals surface area contributed by atoms with E-state index in [4.69, 9.17) is 22.7 Å². The molecule has 0 fully saturated rings. The van der Waals surface area contributed by atoms with Crippen molar-refractivity contribution < 1.29 is 0 Å². The van der Waals surface area contributed by atoms with Gasteiger partial charge in [0.1, 0.15) is 5.84 Å². The molecule has 0 radical (unpaired) electrons. The minimum Gasteiger partial charge on any atom is -0.384 e. The van der Waals surface area contributed by atoms with Crippen LogP contribution in [0.15, 0.2) is 24.3 Å². The first-order valence-corrected chi connectivity index (χ1v) is 6.62. The van der Waals surface area contributed by atoms with Gasteiger partial charge >= 0.3 is 0 Å². The van der Waals surface area contributed by atoms with Crippen LogP contribution in [0.4, 0.5) is 5.69 Å². The van der Waals surface area contributed by atoms with E-state index in [2.05, 4.69) is 5.10 Å². The van der Waals surface area contributed by atoms with Crippen LogP contribution in [0.1, 0.15) is 17.0 Å². The normalized spacial score (nSPS) is 10.6. The lowest BCUT2D eigenvalue weighted by Gasteiger charge is -2.22. The van der Waals surface area contributed by atoms with Gasteiger partial charge in [-0.2, -0.15) is 5.10 Å². The Morgan fingerprint density at radius 3 is 2.65 bits per heavy atom. The molecule has 1 heterocycles. The highest BCUT2D eigenvalue weighted by molar-refractivity contribution is 6.31. The predicted molar refractivity (Wildman–Crippen MR) is 82.5 cm³/mol. The van der Waals surface area contributed by atoms with E-state index >= 15 is 0 Å². The topological polar surface area (TPSA) is 70.9 Å². The van der Waals surface area contributed by atoms with Gasteiger partial charge in [-0.1, -0.05) is 23.7 Å². The molecule has 0 unspecified atom stereocenters. The van der Waals surface area contributed by atoms with Gasteiger partial charge in [0.2, 0.25) is 0 Å². The highest BCUT2D eigenvalue weighted by atomic mass is 35.5. The standard InChI is InChI=1S/C14H18ClN5/c1-9-13(15)12(20(3)18-9)8-19(2)11-7-5-4-6-10(11)14(16)17/h4-7H,8H2,1-3H3,(H3,16,17). The molecule has 0 amide bonds. The zero-order chi connectivity index (χ0) is 14.9. The van der Waals surface area contributed by atoms with Crippen molar-refractivity contribution in [2.75, 3.05) is 11.9 Å². The van der Waals surface area contributed by atoms with E-state index in [9.17, 15) is 0 Å². The largest absolute Gasteiger partial charge is 0.384 e. The molecule has 0 saturated heterocycles. The van der Waals surface area contributed by atoms with Crippen molar-refractivity contribution in [2.24, 2.45) is 12.8 Å². The molecular formula is C14H18ClN5. The Hall–Kier alpha value is -2.01. The molecule has 3 N–H and O–H groups in total. The molecule has 0 aliphatic carbocycles. The number of nitrogens with two attached hydrogens (primary N) is 1. The molecule has 0 saturated carbocycles. The van der Waals surface area contributed by atoms with Crippen molar-refractivity contribution in [1.29, 1.82) is 5.41 Å². The highest BCUT2D eigenvalue weighted by Gasteiger charge is 2.15. The van der Waals surface area contributed by atoms with Crippen molar-refractivity contribution >= 4 is 23.1 Å². The molecule has 0 aliphatic rings. The van der Waals surface area contributed by atoms with Crippen molar-refractivity contribution in [3.05, 3.63) is 46.2 Å². The zero-order valence-corrected chi connectivity index (χ0v) is 12.6. The monoisotopic (exact) mass is 291 g/mol. The lowest BCUT2D eigenvalue weighted by molar-refractivity contribution is 0.694. The molecule has 5 nitrogen and oxygen atoms in total. The average molecular weight is 292 g/mol. The number of aryl methyl sites for hydroxylation is 2. The lowest BCUT2D eigenvalue weighted by Crippen LogP contribution is -2.23. The average Bonchev–Trinajstić information content (AvgIpc) is 2.65. The van der Waals surface area contributed by atoms with E-state index in [-0.39, 0.29) is 5.84 Å². The quantitative estimate of drug-likeness (QED) is 0.671. The van der Waals surface area contributed by atoms with Crippen molar-refractivity contribution in [2.45, 2.75) is 13.5 Å². The van der Waals surface area contributed by atoms with Crippen LogP contribution in [0.2, 0.25) is 5.02 Å². The zero-order valence-electron chi connectivity index (χ0n) is 11.8. The van der Waals surface area contributed by atoms with Crippen LogP contribution in [-0.4, -0.2) is 22.7 Å². The van der Waals surface area contributed by atoms with Gasteiger partial charge in [-0.25, -0.2) is 0 Å². The summed E-state index contributed by atoms with van der Waals surface area (Å²) in [7, 11) is 3.82. The second-order valence-corrected chi connectivity index (χ2v) is 5.13. The molecular weight excluding hydrogens is 274 g/mol. The molecule has 6 heteroatoms. The summed E-state index contributed by atoms with van der Waals surface area (Å²) in [5, 5.41) is 12.6. The summed E-state index contributed by atoms with van der Waals surface area (Å²) in [5.74, 6) is 0.0553. The second-order valence-electron chi connectivity index (χ2n) is 4.76. The third-order valence-corrected chi connectivity index (χ3v) is 3.75. The number of halogens is 1. The Morgan fingerprint density at radius 1 is 1.45 bits per heavy atom. The minimum atomic E-state index is 0.0553. The summed E-state index contributed by atoms with van der Waals surface area (Å²) in [6, 6.07) is 7.57. The van der Waals surface area contributed by atoms with Gasteiger partial charge in [0, 0.05) is 25.3 Å². The molecule has 1 aromatic heterocycles. The molecule has 0 spiro atoms. The number of hydrogen-bond acceptors (Lipinski definition) is 3. The first-order valence-electron chi connectivity index (χ1n) is 6.24. The fourth-order valence-corrected chi connectivity index (χ4v) is 2.42. The third kappa shape index (κ3) is 2.63. The van der Waals surface area contributed by atoms with Gasteiger partial charge in [0.05, 0.1) is 23.0 Å². The van der Waals surface area contributed by atoms with Gasteiger partial charge in [-0.3, -0.25) is 10.1 Å². The van der Waals surface area contributed by atoms with Crippen molar-refractivity contribution in [3.8, 4) is 0 Å². The van der Waals surface area contributed by atoms with Crippen LogP contribution >= 0.6 is 11.6 Å². The third-order valence-electron chi connectivity index (χ3n) is 3.25. The Labute approximate surface area is 123 Å². The summed E-state index contributed by atoms with van der Waals surface area (Å²) in [6.45, 7) is 2.48. The molecule has 2 rings (SSSR count). The van der Waals surface area contributed by atoms with Crippen molar-refractivity contribution in [1.82, 2.24) is 9.78 Å². The van der Waals surface area contributed by atoms with E-state index in [0.717, 1.165) is 17.1 Å². The number of para-hydroxylation sites is 1. The van der Waals surface area contributed by atoms with Gasteiger partial charge in [0.25, 0.3) is 0 Å². The Kier molecular flexibility index (Phi) is 3.99. The molecule has 20 heavy (non-hydrogen) atoms. The van der Waals surface area contributed by atoms with Gasteiger partial charge in [-0.05, 0) is 19.1 Å². The van der Waals surface area contributed by atoms with E-state index in [1.165, 1.54) is 0 Å². The van der Waals surface area contributed by atoms with Gasteiger partial charge < -0.3 is 10.6 Å². The summed E-state index contributed by atoms with van der Waals surface area (Å²) >= 11 is 6.27. The molecule has 0 bridgehead atoms. The molecule has 1 aromatic carbocycles. The number of amidine groups is 1. The number of nitrogens with one attached hydrogen (secondary N) is 1. The Balaban J connectivity index is 2.33. The second kappa shape index (κ2) is 5.54. The summed E-state index contributed by atoms with van der Waals surface area (Å²) < 4.78 is 1.78. The van der Waals surface area contributed by atoms with Crippen LogP contribution in [0.3, 0.4) is 0 Å². The fraction of sp³-hybridized carbons (Fsp3) is 0.286. The fourth-order valence-electron chi connectivity index (χ4n) is 2.20. The summed E-state index contributed by atoms with van der Waals surface area (Å²) in [4.78, 5) is 2.01. The summed E-state index contributed by atoms with van der Waals surface area (Å²) in [5.41, 5.74) is 8.99. The predicted octanol–water partition coefficient (Wildman–Crippen LogP) is 2.30. The molecule has 0 aliphatic heterocycles. The first-order chi connectivity index (χ1) is 9.41. The van der Waals surface area contributed by atoms with E-state index in [0.29, 0.717) is 17.1 Å². The van der Waals surface area contributed by atoms with Crippen LogP contribution in [-0.2, 0) is 13.6 Å². The Morgan fingerprint density at radius 2 is 2.10 bits per heavy atom. The minimum absolute atomic E-state index is 0.0553. The summed E-state index contributed by atoms with van der Waals surface area (Å²) in [6.07, 6.45) is 0. The number of nitrogen functional groups attached to an aromatic ring is 1. The number of hydrogen-bond donors (Lipinski definition) is 2. The number of aromatic nitrogens is 2. The maximum atomic E-state index is 7.65. The molecule has 0 atom stereocenters. The van der Waals surface area contributed by atoms with Crippen LogP contribution < -0.4 is 10.6 Å². The van der Waals surface area contributed by atoms with E-state index < -0.39 is 0 Å². The number of nitrogens with zero attached hydrogens (tertiary/aromatic N) is 3. The first kappa shape index (κ1) is 14.4. The van der Waals surface area contributed by atoms with Crippen LogP contribution in [0.25, 0.3) is 0 Å². The van der Waals surface area contributed by atoms with Gasteiger partial charge in [-0.15, -0.1) is 0 Å². The maximum Gasteiger partial charge on any atom is 0.124 e. The number of benzene rings is 1. The van der Waals surface area contributed by atoms with E-state index in [1.54, 1.807) is 4.68 Å². The lowest BCUT2D eigenvalue weighted by atomic mass is 10.1. The molecule has 2 aromatic rings. The van der Waals surface area contributed by atoms with E-state index in [1.807, 2.05) is 50.2 Å². The smallest absolute Gasteiger partial charge is 0.124 e. The van der Waals surface area contributed by atoms with Crippen LogP contribution in [0.5, 0.6) is 0 Å². The van der Waals surface area contributed by atoms with Gasteiger partial charge in [0.15, 0.2) is 0 Å². The SMILES string of the molecule is Cc1nn(C)c(CN(C)c2ccccc2C(=N)N)c1Cl. The molecule has 106 valence electrons. The Bertz CT molecular complexity index is 647. The highest BCUT2D eigenvalue weighted by Crippen LogP contribution is 2.25. The van der Waals surface area contributed by atoms with Crippen LogP contribution in [0, 0.1) is 12.3 Å². The maximum absolute atomic E-state index is 7.65. The number of rotatable bonds is 4. The number of anilines is 1. The van der Waals surface area contributed by atoms with Crippen molar-refractivity contribution in [3.63, 3.8) is 0 Å².